The molecule has 1 unspecified atom stereocenters. The fraction of sp³-hybridized carbons (Fsp3) is 0.259. The van der Waals surface area contributed by atoms with Crippen LogP contribution in [0.15, 0.2) is 85.2 Å². The zero-order valence-electron chi connectivity index (χ0n) is 20.3. The number of carbonyl (C=O) groups excluding carboxylic acids is 2. The van der Waals surface area contributed by atoms with E-state index in [1.807, 2.05) is 6.92 Å². The fourth-order valence-corrected chi connectivity index (χ4v) is 3.02. The van der Waals surface area contributed by atoms with E-state index in [1.54, 1.807) is 24.3 Å². The molecule has 0 saturated heterocycles. The van der Waals surface area contributed by atoms with Gasteiger partial charge < -0.3 is 25.2 Å². The van der Waals surface area contributed by atoms with Crippen LogP contribution in [-0.2, 0) is 15.7 Å². The van der Waals surface area contributed by atoms with Gasteiger partial charge in [-0.15, -0.1) is 0 Å². The second-order valence-electron chi connectivity index (χ2n) is 7.56. The van der Waals surface area contributed by atoms with Crippen LogP contribution in [0.25, 0.3) is 0 Å². The van der Waals surface area contributed by atoms with Crippen LogP contribution < -0.4 is 15.4 Å². The molecule has 2 aromatic rings. The Hall–Kier alpha value is -4.05. The molecule has 3 N–H and O–H groups in total. The second-order valence-corrected chi connectivity index (χ2v) is 7.56. The first kappa shape index (κ1) is 29.2. The molecule has 10 heteroatoms. The first-order valence-electron chi connectivity index (χ1n) is 11.4. The van der Waals surface area contributed by atoms with Gasteiger partial charge in [-0.3, -0.25) is 9.59 Å². The van der Waals surface area contributed by atoms with Gasteiger partial charge >= 0.3 is 6.18 Å². The van der Waals surface area contributed by atoms with Crippen molar-refractivity contribution in [1.82, 2.24) is 10.6 Å². The summed E-state index contributed by atoms with van der Waals surface area (Å²) in [5.74, 6) is 0.0937. The van der Waals surface area contributed by atoms with Crippen molar-refractivity contribution in [2.24, 2.45) is 0 Å². The summed E-state index contributed by atoms with van der Waals surface area (Å²) in [4.78, 5) is 25.2. The minimum absolute atomic E-state index is 0.0375. The molecular weight excluding hydrogens is 489 g/mol. The number of amides is 2. The van der Waals surface area contributed by atoms with Crippen LogP contribution >= 0.6 is 0 Å². The van der Waals surface area contributed by atoms with Crippen molar-refractivity contribution < 1.29 is 37.3 Å². The maximum atomic E-state index is 12.7. The molecule has 0 saturated carbocycles. The summed E-state index contributed by atoms with van der Waals surface area (Å²) < 4.78 is 49.0. The van der Waals surface area contributed by atoms with E-state index in [0.717, 1.165) is 12.1 Å². The average Bonchev–Trinajstić information content (AvgIpc) is 2.88. The first-order valence-corrected chi connectivity index (χ1v) is 11.4. The van der Waals surface area contributed by atoms with Gasteiger partial charge in [0, 0.05) is 12.1 Å². The lowest BCUT2D eigenvalue weighted by Crippen LogP contribution is -2.47. The van der Waals surface area contributed by atoms with Crippen LogP contribution in [0.4, 0.5) is 13.2 Å². The molecule has 0 aliphatic heterocycles. The van der Waals surface area contributed by atoms with Gasteiger partial charge in [0.1, 0.15) is 23.3 Å². The monoisotopic (exact) mass is 518 g/mol. The third-order valence-electron chi connectivity index (χ3n) is 4.85. The van der Waals surface area contributed by atoms with Crippen molar-refractivity contribution >= 4 is 11.8 Å². The Labute approximate surface area is 213 Å². The van der Waals surface area contributed by atoms with E-state index in [1.165, 1.54) is 36.4 Å². The molecule has 2 aromatic carbocycles. The highest BCUT2D eigenvalue weighted by Gasteiger charge is 2.30. The van der Waals surface area contributed by atoms with Crippen LogP contribution in [0.2, 0.25) is 0 Å². The average molecular weight is 519 g/mol. The number of alkyl halides is 3. The van der Waals surface area contributed by atoms with Crippen molar-refractivity contribution in [3.8, 4) is 11.5 Å². The zero-order valence-corrected chi connectivity index (χ0v) is 20.3. The van der Waals surface area contributed by atoms with E-state index < -0.39 is 29.6 Å². The highest BCUT2D eigenvalue weighted by Crippen LogP contribution is 2.31. The van der Waals surface area contributed by atoms with Crippen molar-refractivity contribution in [2.45, 2.75) is 25.6 Å². The molecule has 2 amide bonds. The Morgan fingerprint density at radius 2 is 1.70 bits per heavy atom. The van der Waals surface area contributed by atoms with Gasteiger partial charge in [0.05, 0.1) is 18.8 Å². The SMILES string of the molecule is C=C/C(=C\C=C\CC(NC(=O)c1ccc(Oc2ccc(C(F)(F)F)cc2)cc1)C(=O)NCCO)OCC. The molecule has 7 nitrogen and oxygen atoms in total. The highest BCUT2D eigenvalue weighted by atomic mass is 19.4. The normalized spacial score (nSPS) is 12.6. The molecule has 0 spiro atoms. The lowest BCUT2D eigenvalue weighted by molar-refractivity contribution is -0.137. The lowest BCUT2D eigenvalue weighted by Gasteiger charge is -2.17. The predicted octanol–water partition coefficient (Wildman–Crippen LogP) is 4.76. The zero-order chi connectivity index (χ0) is 27.3. The molecule has 1 atom stereocenters. The van der Waals surface area contributed by atoms with Crippen molar-refractivity contribution in [3.05, 3.63) is 96.3 Å². The van der Waals surface area contributed by atoms with E-state index in [0.29, 0.717) is 18.1 Å². The second kappa shape index (κ2) is 14.5. The predicted molar refractivity (Wildman–Crippen MR) is 133 cm³/mol. The maximum Gasteiger partial charge on any atom is 0.416 e. The number of hydrogen-bond donors (Lipinski definition) is 3. The Bertz CT molecular complexity index is 1090. The van der Waals surface area contributed by atoms with Crippen LogP contribution in [0, 0.1) is 0 Å². The third-order valence-corrected chi connectivity index (χ3v) is 4.85. The number of ether oxygens (including phenoxy) is 2. The van der Waals surface area contributed by atoms with Crippen LogP contribution in [0.5, 0.6) is 11.5 Å². The number of carbonyl (C=O) groups is 2. The van der Waals surface area contributed by atoms with E-state index >= 15 is 0 Å². The fourth-order valence-electron chi connectivity index (χ4n) is 3.02. The van der Waals surface area contributed by atoms with Crippen molar-refractivity contribution in [2.75, 3.05) is 19.8 Å². The third kappa shape index (κ3) is 9.85. The number of hydrogen-bond acceptors (Lipinski definition) is 5. The number of aliphatic hydroxyl groups excluding tert-OH is 1. The highest BCUT2D eigenvalue weighted by molar-refractivity contribution is 5.97. The van der Waals surface area contributed by atoms with Crippen LogP contribution in [0.3, 0.4) is 0 Å². The van der Waals surface area contributed by atoms with Gasteiger partial charge in [-0.2, -0.15) is 13.2 Å². The number of benzene rings is 2. The van der Waals surface area contributed by atoms with Gasteiger partial charge in [-0.1, -0.05) is 18.7 Å². The van der Waals surface area contributed by atoms with Gasteiger partial charge in [0.25, 0.3) is 5.91 Å². The lowest BCUT2D eigenvalue weighted by atomic mass is 10.1. The Balaban J connectivity index is 2.05. The van der Waals surface area contributed by atoms with Crippen molar-refractivity contribution in [1.29, 1.82) is 0 Å². The molecule has 2 rings (SSSR count). The molecule has 0 aliphatic carbocycles. The van der Waals surface area contributed by atoms with E-state index in [4.69, 9.17) is 14.6 Å². The van der Waals surface area contributed by atoms with E-state index in [2.05, 4.69) is 17.2 Å². The number of rotatable bonds is 13. The number of allylic oxidation sites excluding steroid dienone is 3. The molecule has 0 fully saturated rings. The molecule has 0 heterocycles. The van der Waals surface area contributed by atoms with Crippen LogP contribution in [0.1, 0.15) is 29.3 Å². The summed E-state index contributed by atoms with van der Waals surface area (Å²) in [6.45, 7) is 5.75. The van der Waals surface area contributed by atoms with E-state index in [9.17, 15) is 22.8 Å². The summed E-state index contributed by atoms with van der Waals surface area (Å²) in [6, 6.07) is 9.24. The largest absolute Gasteiger partial charge is 0.494 e. The molecule has 198 valence electrons. The summed E-state index contributed by atoms with van der Waals surface area (Å²) in [5, 5.41) is 14.2. The number of halogens is 3. The summed E-state index contributed by atoms with van der Waals surface area (Å²) in [6.07, 6.45) is 2.32. The van der Waals surface area contributed by atoms with Gasteiger partial charge in [0.2, 0.25) is 5.91 Å². The minimum Gasteiger partial charge on any atom is -0.494 e. The topological polar surface area (TPSA) is 96.9 Å². The van der Waals surface area contributed by atoms with E-state index in [-0.39, 0.29) is 30.9 Å². The molecular formula is C27H29F3N2O5. The first-order chi connectivity index (χ1) is 17.7. The molecule has 0 aliphatic rings. The maximum absolute atomic E-state index is 12.7. The number of aliphatic hydroxyl groups is 1. The summed E-state index contributed by atoms with van der Waals surface area (Å²) >= 11 is 0. The van der Waals surface area contributed by atoms with Crippen LogP contribution in [-0.4, -0.2) is 42.7 Å². The standard InChI is InChI=1S/C27H29F3N2O5/c1-3-21(36-4-2)7-5-6-8-24(26(35)31-17-18-33)32-25(34)19-9-13-22(14-10-19)37-23-15-11-20(12-16-23)27(28,29)30/h3,5-7,9-16,24,33H,1,4,8,17-18H2,2H3,(H,31,35)(H,32,34)/b6-5+,21-7+. The molecule has 0 aromatic heterocycles. The number of nitrogens with one attached hydrogen (secondary N) is 2. The Morgan fingerprint density at radius 1 is 1.08 bits per heavy atom. The Kier molecular flexibility index (Phi) is 11.4. The smallest absolute Gasteiger partial charge is 0.416 e. The van der Waals surface area contributed by atoms with Gasteiger partial charge in [-0.05, 0) is 74.0 Å². The molecule has 37 heavy (non-hydrogen) atoms. The van der Waals surface area contributed by atoms with Crippen molar-refractivity contribution in [3.63, 3.8) is 0 Å². The Morgan fingerprint density at radius 3 is 2.24 bits per heavy atom. The molecule has 0 radical (unpaired) electrons. The van der Waals surface area contributed by atoms with Gasteiger partial charge in [0.15, 0.2) is 0 Å². The quantitative estimate of drug-likeness (QED) is 0.263. The molecule has 0 bridgehead atoms. The summed E-state index contributed by atoms with van der Waals surface area (Å²) in [7, 11) is 0. The summed E-state index contributed by atoms with van der Waals surface area (Å²) in [5.41, 5.74) is -0.542. The van der Waals surface area contributed by atoms with Gasteiger partial charge in [-0.25, -0.2) is 0 Å². The minimum atomic E-state index is -4.44.